The number of amides is 2. The number of nitrogens with one attached hydrogen (secondary N) is 1. The zero-order valence-corrected chi connectivity index (χ0v) is 19.8. The van der Waals surface area contributed by atoms with Crippen molar-refractivity contribution in [2.75, 3.05) is 18.3 Å². The summed E-state index contributed by atoms with van der Waals surface area (Å²) in [6.45, 7) is 5.20. The molecule has 0 aliphatic carbocycles. The molecule has 0 bridgehead atoms. The van der Waals surface area contributed by atoms with Crippen LogP contribution in [0.1, 0.15) is 38.3 Å². The van der Waals surface area contributed by atoms with Gasteiger partial charge >= 0.3 is 11.9 Å². The third kappa shape index (κ3) is 5.93. The zero-order chi connectivity index (χ0) is 24.0. The Labute approximate surface area is 199 Å². The van der Waals surface area contributed by atoms with Crippen molar-refractivity contribution in [3.05, 3.63) is 35.0 Å². The monoisotopic (exact) mass is 494 g/mol. The van der Waals surface area contributed by atoms with Gasteiger partial charge in [-0.3, -0.25) is 19.3 Å². The molecule has 2 atom stereocenters. The SMILES string of the molecule is C=CC1=C(C(=O)OCOC(=O)CCCCC)N2C(=O)C(NC(=O)Cc3csc(N)n3)[C@@H]2SC1. The largest absolute Gasteiger partial charge is 0.428 e. The van der Waals surface area contributed by atoms with E-state index in [1.54, 1.807) is 5.38 Å². The van der Waals surface area contributed by atoms with E-state index < -0.39 is 36.1 Å². The number of rotatable bonds is 11. The fourth-order valence-electron chi connectivity index (χ4n) is 3.39. The number of carbonyl (C=O) groups excluding carboxylic acids is 4. The summed E-state index contributed by atoms with van der Waals surface area (Å²) in [5, 5.41) is 4.29. The first kappa shape index (κ1) is 24.8. The third-order valence-electron chi connectivity index (χ3n) is 5.06. The van der Waals surface area contributed by atoms with Gasteiger partial charge in [0.2, 0.25) is 12.7 Å². The van der Waals surface area contributed by atoms with Crippen LogP contribution < -0.4 is 11.1 Å². The van der Waals surface area contributed by atoms with Crippen molar-refractivity contribution in [3.63, 3.8) is 0 Å². The van der Waals surface area contributed by atoms with Gasteiger partial charge in [0.05, 0.1) is 12.1 Å². The van der Waals surface area contributed by atoms with Crippen LogP contribution in [0.15, 0.2) is 29.3 Å². The van der Waals surface area contributed by atoms with E-state index in [1.165, 1.54) is 34.1 Å². The molecule has 10 nitrogen and oxygen atoms in total. The molecule has 2 amide bonds. The van der Waals surface area contributed by atoms with E-state index in [0.717, 1.165) is 12.8 Å². The first-order chi connectivity index (χ1) is 15.8. The molecule has 3 N–H and O–H groups in total. The standard InChI is InChI=1S/C21H26N4O6S2/c1-3-5-6-7-15(27)30-11-31-20(29)17-12(4-2)9-32-19-16(18(28)25(17)19)24-14(26)8-13-10-33-21(22)23-13/h4,10,16,19H,2-3,5-9,11H2,1H3,(H2,22,23)(H,24,26)/t16?,19-/m0/s1. The quantitative estimate of drug-likeness (QED) is 0.204. The number of anilines is 1. The van der Waals surface area contributed by atoms with Crippen LogP contribution in [0.5, 0.6) is 0 Å². The zero-order valence-electron chi connectivity index (χ0n) is 18.2. The first-order valence-electron chi connectivity index (χ1n) is 10.5. The van der Waals surface area contributed by atoms with Crippen LogP contribution >= 0.6 is 23.1 Å². The van der Waals surface area contributed by atoms with Gasteiger partial charge in [-0.15, -0.1) is 23.1 Å². The number of hydrogen-bond acceptors (Lipinski definition) is 10. The van der Waals surface area contributed by atoms with Crippen molar-refractivity contribution < 1.29 is 28.7 Å². The lowest BCUT2D eigenvalue weighted by Crippen LogP contribution is -2.70. The summed E-state index contributed by atoms with van der Waals surface area (Å²) in [6.07, 6.45) is 4.34. The average molecular weight is 495 g/mol. The molecule has 3 rings (SSSR count). The molecule has 1 fully saturated rings. The van der Waals surface area contributed by atoms with Crippen LogP contribution in [0.25, 0.3) is 0 Å². The molecule has 178 valence electrons. The molecule has 0 aromatic carbocycles. The number of nitrogens with two attached hydrogens (primary N) is 1. The summed E-state index contributed by atoms with van der Waals surface area (Å²) in [7, 11) is 0. The number of fused-ring (bicyclic) bond motifs is 1. The number of ether oxygens (including phenoxy) is 2. The normalized spacial score (nSPS) is 19.4. The fourth-order valence-corrected chi connectivity index (χ4v) is 5.29. The molecule has 0 radical (unpaired) electrons. The van der Waals surface area contributed by atoms with E-state index in [4.69, 9.17) is 15.2 Å². The van der Waals surface area contributed by atoms with Crippen molar-refractivity contribution in [2.45, 2.75) is 50.4 Å². The number of hydrogen-bond donors (Lipinski definition) is 2. The number of carbonyl (C=O) groups is 4. The maximum absolute atomic E-state index is 12.8. The number of thiazole rings is 1. The predicted octanol–water partition coefficient (Wildman–Crippen LogP) is 1.73. The molecule has 0 spiro atoms. The summed E-state index contributed by atoms with van der Waals surface area (Å²) in [4.78, 5) is 54.9. The van der Waals surface area contributed by atoms with Crippen molar-refractivity contribution >= 4 is 52.0 Å². The molecule has 33 heavy (non-hydrogen) atoms. The van der Waals surface area contributed by atoms with Crippen LogP contribution in [0.2, 0.25) is 0 Å². The molecule has 1 aromatic heterocycles. The smallest absolute Gasteiger partial charge is 0.358 e. The lowest BCUT2D eigenvalue weighted by atomic mass is 10.0. The van der Waals surface area contributed by atoms with Gasteiger partial charge in [0, 0.05) is 17.6 Å². The number of β-lactam (4-membered cyclic amide) rings is 1. The van der Waals surface area contributed by atoms with Gasteiger partial charge in [-0.1, -0.05) is 32.4 Å². The minimum Gasteiger partial charge on any atom is -0.428 e. The minimum absolute atomic E-state index is 0.00113. The lowest BCUT2D eigenvalue weighted by Gasteiger charge is -2.49. The summed E-state index contributed by atoms with van der Waals surface area (Å²) < 4.78 is 10.0. The van der Waals surface area contributed by atoms with Gasteiger partial charge in [-0.2, -0.15) is 0 Å². The van der Waals surface area contributed by atoms with Gasteiger partial charge in [0.25, 0.3) is 5.91 Å². The highest BCUT2D eigenvalue weighted by Gasteiger charge is 2.54. The Morgan fingerprint density at radius 2 is 2.15 bits per heavy atom. The van der Waals surface area contributed by atoms with Gasteiger partial charge < -0.3 is 20.5 Å². The van der Waals surface area contributed by atoms with Crippen LogP contribution in [-0.2, 0) is 35.1 Å². The Bertz CT molecular complexity index is 976. The number of nitrogen functional groups attached to an aromatic ring is 1. The van der Waals surface area contributed by atoms with E-state index in [2.05, 4.69) is 16.9 Å². The van der Waals surface area contributed by atoms with Crippen molar-refractivity contribution in [3.8, 4) is 0 Å². The van der Waals surface area contributed by atoms with E-state index >= 15 is 0 Å². The second kappa shape index (κ2) is 11.3. The van der Waals surface area contributed by atoms with Crippen LogP contribution in [-0.4, -0.2) is 57.6 Å². The fraction of sp³-hybridized carbons (Fsp3) is 0.476. The third-order valence-corrected chi connectivity index (χ3v) is 7.08. The van der Waals surface area contributed by atoms with E-state index in [1.807, 2.05) is 6.92 Å². The summed E-state index contributed by atoms with van der Waals surface area (Å²) in [5.41, 5.74) is 6.69. The summed E-state index contributed by atoms with van der Waals surface area (Å²) in [6, 6.07) is -0.774. The molecule has 3 heterocycles. The second-order valence-corrected chi connectivity index (χ2v) is 9.40. The Hall–Kier alpha value is -2.86. The molecule has 2 aliphatic rings. The van der Waals surface area contributed by atoms with Gasteiger partial charge in [0.15, 0.2) is 5.13 Å². The van der Waals surface area contributed by atoms with E-state index in [-0.39, 0.29) is 24.4 Å². The lowest BCUT2D eigenvalue weighted by molar-refractivity contribution is -0.168. The Morgan fingerprint density at radius 1 is 1.36 bits per heavy atom. The minimum atomic E-state index is -0.785. The summed E-state index contributed by atoms with van der Waals surface area (Å²) >= 11 is 2.64. The van der Waals surface area contributed by atoms with Gasteiger partial charge in [-0.25, -0.2) is 9.78 Å². The molecular formula is C21H26N4O6S2. The number of esters is 2. The molecule has 0 saturated carbocycles. The van der Waals surface area contributed by atoms with E-state index in [0.29, 0.717) is 28.6 Å². The Kier molecular flexibility index (Phi) is 8.50. The Morgan fingerprint density at radius 3 is 2.82 bits per heavy atom. The van der Waals surface area contributed by atoms with Crippen LogP contribution in [0, 0.1) is 0 Å². The maximum atomic E-state index is 12.8. The number of unbranched alkanes of at least 4 members (excludes halogenated alkanes) is 2. The molecule has 12 heteroatoms. The average Bonchev–Trinajstić information content (AvgIpc) is 3.20. The number of nitrogens with zero attached hydrogens (tertiary/aromatic N) is 2. The van der Waals surface area contributed by atoms with Crippen molar-refractivity contribution in [2.24, 2.45) is 0 Å². The number of thioether (sulfide) groups is 1. The van der Waals surface area contributed by atoms with Crippen molar-refractivity contribution in [1.29, 1.82) is 0 Å². The van der Waals surface area contributed by atoms with Crippen LogP contribution in [0.4, 0.5) is 5.13 Å². The van der Waals surface area contributed by atoms with Gasteiger partial charge in [-0.05, 0) is 12.0 Å². The van der Waals surface area contributed by atoms with Crippen molar-refractivity contribution in [1.82, 2.24) is 15.2 Å². The highest BCUT2D eigenvalue weighted by molar-refractivity contribution is 8.00. The van der Waals surface area contributed by atoms with Crippen LogP contribution in [0.3, 0.4) is 0 Å². The highest BCUT2D eigenvalue weighted by Crippen LogP contribution is 2.40. The molecule has 1 aromatic rings. The highest BCUT2D eigenvalue weighted by atomic mass is 32.2. The first-order valence-corrected chi connectivity index (χ1v) is 12.4. The predicted molar refractivity (Wildman–Crippen MR) is 124 cm³/mol. The van der Waals surface area contributed by atoms with Gasteiger partial charge in [0.1, 0.15) is 17.1 Å². The number of aromatic nitrogens is 1. The van der Waals surface area contributed by atoms with E-state index in [9.17, 15) is 19.2 Å². The molecule has 1 unspecified atom stereocenters. The topological polar surface area (TPSA) is 141 Å². The number of allylic oxidation sites excluding steroid dienone is 1. The summed E-state index contributed by atoms with van der Waals surface area (Å²) in [5.74, 6) is -1.62. The second-order valence-electron chi connectivity index (χ2n) is 7.41. The molecular weight excluding hydrogens is 468 g/mol. The maximum Gasteiger partial charge on any atom is 0.358 e. The molecule has 1 saturated heterocycles. The molecule has 2 aliphatic heterocycles. The Balaban J connectivity index is 1.56.